The molecular formula is C21H19N5OS. The molecule has 140 valence electrons. The van der Waals surface area contributed by atoms with Crippen LogP contribution >= 0.6 is 11.3 Å². The lowest BCUT2D eigenvalue weighted by atomic mass is 10.1. The topological polar surface area (TPSA) is 72.7 Å². The number of carbonyl (C=O) groups excluding carboxylic acids is 1. The Balaban J connectivity index is 1.48. The molecule has 7 heteroatoms. The first kappa shape index (κ1) is 18.1. The van der Waals surface area contributed by atoms with Crippen molar-refractivity contribution in [2.45, 2.75) is 20.4 Å². The fourth-order valence-corrected chi connectivity index (χ4v) is 3.54. The molecule has 0 radical (unpaired) electrons. The maximum atomic E-state index is 12.6. The molecule has 0 saturated heterocycles. The van der Waals surface area contributed by atoms with E-state index in [4.69, 9.17) is 0 Å². The molecule has 0 unspecified atom stereocenters. The first-order valence-corrected chi connectivity index (χ1v) is 9.76. The summed E-state index contributed by atoms with van der Waals surface area (Å²) in [6.07, 6.45) is 0. The molecule has 0 atom stereocenters. The van der Waals surface area contributed by atoms with E-state index in [-0.39, 0.29) is 5.91 Å². The molecule has 0 spiro atoms. The highest BCUT2D eigenvalue weighted by atomic mass is 32.1. The van der Waals surface area contributed by atoms with Gasteiger partial charge >= 0.3 is 0 Å². The summed E-state index contributed by atoms with van der Waals surface area (Å²) in [5, 5.41) is 13.5. The van der Waals surface area contributed by atoms with Crippen molar-refractivity contribution in [3.8, 4) is 11.3 Å². The quantitative estimate of drug-likeness (QED) is 0.552. The van der Waals surface area contributed by atoms with Crippen molar-refractivity contribution in [2.24, 2.45) is 0 Å². The Hall–Kier alpha value is -3.32. The van der Waals surface area contributed by atoms with Gasteiger partial charge in [-0.3, -0.25) is 10.1 Å². The second-order valence-electron chi connectivity index (χ2n) is 6.52. The van der Waals surface area contributed by atoms with Gasteiger partial charge in [0.05, 0.1) is 17.9 Å². The van der Waals surface area contributed by atoms with Gasteiger partial charge in [-0.1, -0.05) is 65.4 Å². The first-order valence-electron chi connectivity index (χ1n) is 8.88. The first-order chi connectivity index (χ1) is 13.6. The third kappa shape index (κ3) is 3.84. The maximum Gasteiger partial charge on any atom is 0.279 e. The zero-order valence-electron chi connectivity index (χ0n) is 15.6. The Kier molecular flexibility index (Phi) is 4.99. The summed E-state index contributed by atoms with van der Waals surface area (Å²) in [5.41, 5.74) is 5.18. The predicted octanol–water partition coefficient (Wildman–Crippen LogP) is 4.32. The molecule has 0 saturated carbocycles. The van der Waals surface area contributed by atoms with Gasteiger partial charge in [0.2, 0.25) is 0 Å². The summed E-state index contributed by atoms with van der Waals surface area (Å²) in [4.78, 5) is 17.1. The van der Waals surface area contributed by atoms with E-state index in [0.29, 0.717) is 17.4 Å². The fourth-order valence-electron chi connectivity index (χ4n) is 2.82. The van der Waals surface area contributed by atoms with E-state index in [9.17, 15) is 4.79 Å². The number of nitrogens with zero attached hydrogens (tertiary/aromatic N) is 4. The molecule has 2 heterocycles. The van der Waals surface area contributed by atoms with Crippen molar-refractivity contribution in [1.29, 1.82) is 0 Å². The Bertz CT molecular complexity index is 1100. The monoisotopic (exact) mass is 389 g/mol. The van der Waals surface area contributed by atoms with Crippen molar-refractivity contribution in [3.63, 3.8) is 0 Å². The van der Waals surface area contributed by atoms with Crippen LogP contribution in [0.5, 0.6) is 0 Å². The molecule has 0 aliphatic heterocycles. The van der Waals surface area contributed by atoms with Gasteiger partial charge in [-0.2, -0.15) is 0 Å². The average Bonchev–Trinajstić information content (AvgIpc) is 3.30. The second-order valence-corrected chi connectivity index (χ2v) is 7.38. The number of aryl methyl sites for hydroxylation is 1. The fraction of sp³-hybridized carbons (Fsp3) is 0.143. The van der Waals surface area contributed by atoms with Crippen molar-refractivity contribution in [3.05, 3.63) is 82.5 Å². The molecule has 4 aromatic rings. The van der Waals surface area contributed by atoms with E-state index in [2.05, 4.69) is 20.6 Å². The van der Waals surface area contributed by atoms with Crippen LogP contribution in [0.2, 0.25) is 0 Å². The number of rotatable bonds is 5. The Morgan fingerprint density at radius 2 is 1.82 bits per heavy atom. The van der Waals surface area contributed by atoms with E-state index >= 15 is 0 Å². The lowest BCUT2D eigenvalue weighted by Crippen LogP contribution is -2.14. The van der Waals surface area contributed by atoms with Crippen molar-refractivity contribution >= 4 is 22.4 Å². The van der Waals surface area contributed by atoms with Gasteiger partial charge in [0.15, 0.2) is 10.8 Å². The number of amides is 1. The van der Waals surface area contributed by atoms with Gasteiger partial charge in [-0.25, -0.2) is 9.67 Å². The predicted molar refractivity (Wildman–Crippen MR) is 111 cm³/mol. The van der Waals surface area contributed by atoms with Crippen LogP contribution in [-0.4, -0.2) is 25.9 Å². The minimum Gasteiger partial charge on any atom is -0.296 e. The molecule has 2 aromatic heterocycles. The van der Waals surface area contributed by atoms with Crippen LogP contribution in [0.4, 0.5) is 5.13 Å². The van der Waals surface area contributed by atoms with Crippen molar-refractivity contribution < 1.29 is 4.79 Å². The Labute approximate surface area is 166 Å². The molecule has 4 rings (SSSR count). The van der Waals surface area contributed by atoms with Crippen LogP contribution in [0.1, 0.15) is 27.3 Å². The highest BCUT2D eigenvalue weighted by molar-refractivity contribution is 7.14. The summed E-state index contributed by atoms with van der Waals surface area (Å²) in [6.45, 7) is 4.46. The van der Waals surface area contributed by atoms with Gasteiger partial charge < -0.3 is 0 Å². The molecule has 6 nitrogen and oxygen atoms in total. The van der Waals surface area contributed by atoms with Crippen molar-refractivity contribution in [1.82, 2.24) is 20.0 Å². The largest absolute Gasteiger partial charge is 0.296 e. The van der Waals surface area contributed by atoms with Gasteiger partial charge in [-0.15, -0.1) is 16.4 Å². The SMILES string of the molecule is Cc1ccc(-c2csc(NC(=O)c3nnn(Cc4ccccc4)c3C)n2)cc1. The molecule has 1 amide bonds. The average molecular weight is 389 g/mol. The van der Waals surface area contributed by atoms with Gasteiger partial charge in [0.25, 0.3) is 5.91 Å². The van der Waals surface area contributed by atoms with Crippen LogP contribution in [-0.2, 0) is 6.54 Å². The smallest absolute Gasteiger partial charge is 0.279 e. The number of nitrogens with one attached hydrogen (secondary N) is 1. The molecular weight excluding hydrogens is 370 g/mol. The zero-order valence-corrected chi connectivity index (χ0v) is 16.4. The highest BCUT2D eigenvalue weighted by Crippen LogP contribution is 2.25. The minimum atomic E-state index is -0.304. The molecule has 1 N–H and O–H groups in total. The van der Waals surface area contributed by atoms with E-state index in [1.54, 1.807) is 4.68 Å². The number of benzene rings is 2. The van der Waals surface area contributed by atoms with E-state index in [1.165, 1.54) is 16.9 Å². The lowest BCUT2D eigenvalue weighted by molar-refractivity contribution is 0.102. The molecule has 28 heavy (non-hydrogen) atoms. The third-order valence-corrected chi connectivity index (χ3v) is 5.20. The van der Waals surface area contributed by atoms with E-state index in [0.717, 1.165) is 22.5 Å². The summed E-state index contributed by atoms with van der Waals surface area (Å²) < 4.78 is 1.73. The molecule has 2 aromatic carbocycles. The number of hydrogen-bond acceptors (Lipinski definition) is 5. The normalized spacial score (nSPS) is 10.8. The Morgan fingerprint density at radius 3 is 2.57 bits per heavy atom. The Morgan fingerprint density at radius 1 is 1.07 bits per heavy atom. The molecule has 0 aliphatic rings. The van der Waals surface area contributed by atoms with Crippen LogP contribution in [0, 0.1) is 13.8 Å². The summed E-state index contributed by atoms with van der Waals surface area (Å²) >= 11 is 1.39. The standard InChI is InChI=1S/C21H19N5OS/c1-14-8-10-17(11-9-14)18-13-28-21(22-18)23-20(27)19-15(2)26(25-24-19)12-16-6-4-3-5-7-16/h3-11,13H,12H2,1-2H3,(H,22,23,27). The molecule has 0 fully saturated rings. The number of hydrogen-bond donors (Lipinski definition) is 1. The number of anilines is 1. The van der Waals surface area contributed by atoms with E-state index < -0.39 is 0 Å². The highest BCUT2D eigenvalue weighted by Gasteiger charge is 2.18. The van der Waals surface area contributed by atoms with Gasteiger partial charge in [0.1, 0.15) is 0 Å². The second kappa shape index (κ2) is 7.74. The molecule has 0 bridgehead atoms. The number of aromatic nitrogens is 4. The molecule has 0 aliphatic carbocycles. The van der Waals surface area contributed by atoms with Gasteiger partial charge in [-0.05, 0) is 19.4 Å². The van der Waals surface area contributed by atoms with Gasteiger partial charge in [0, 0.05) is 10.9 Å². The summed E-state index contributed by atoms with van der Waals surface area (Å²) in [7, 11) is 0. The van der Waals surface area contributed by atoms with Crippen LogP contribution in [0.3, 0.4) is 0 Å². The zero-order chi connectivity index (χ0) is 19.5. The minimum absolute atomic E-state index is 0.304. The lowest BCUT2D eigenvalue weighted by Gasteiger charge is -2.04. The van der Waals surface area contributed by atoms with Crippen molar-refractivity contribution in [2.75, 3.05) is 5.32 Å². The van der Waals surface area contributed by atoms with E-state index in [1.807, 2.05) is 73.8 Å². The maximum absolute atomic E-state index is 12.6. The van der Waals surface area contributed by atoms with Crippen LogP contribution in [0.25, 0.3) is 11.3 Å². The number of thiazole rings is 1. The number of carbonyl (C=O) groups is 1. The third-order valence-electron chi connectivity index (χ3n) is 4.44. The summed E-state index contributed by atoms with van der Waals surface area (Å²) in [6, 6.07) is 18.1. The van der Waals surface area contributed by atoms with Crippen LogP contribution < -0.4 is 5.32 Å². The summed E-state index contributed by atoms with van der Waals surface area (Å²) in [5.74, 6) is -0.304. The van der Waals surface area contributed by atoms with Crippen LogP contribution in [0.15, 0.2) is 60.0 Å².